The number of carbonyl (C=O) groups excluding carboxylic acids is 1. The third kappa shape index (κ3) is 4.94. The van der Waals surface area contributed by atoms with E-state index in [0.29, 0.717) is 13.2 Å². The predicted octanol–water partition coefficient (Wildman–Crippen LogP) is 3.87. The van der Waals surface area contributed by atoms with Gasteiger partial charge in [-0.15, -0.1) is 10.2 Å². The molecule has 26 heavy (non-hydrogen) atoms. The molecule has 1 atom stereocenters. The quantitative estimate of drug-likeness (QED) is 0.451. The minimum Gasteiger partial charge on any atom is -0.383 e. The molecule has 0 aliphatic carbocycles. The summed E-state index contributed by atoms with van der Waals surface area (Å²) in [6.45, 7) is 3.14. The van der Waals surface area contributed by atoms with Crippen molar-refractivity contribution in [3.63, 3.8) is 0 Å². The third-order valence-corrected chi connectivity index (χ3v) is 5.72. The second kappa shape index (κ2) is 8.98. The molecule has 0 aliphatic heterocycles. The van der Waals surface area contributed by atoms with Crippen molar-refractivity contribution in [1.29, 1.82) is 0 Å². The molecule has 0 aliphatic rings. The minimum atomic E-state index is -0.277. The summed E-state index contributed by atoms with van der Waals surface area (Å²) in [7, 11) is 1.65. The van der Waals surface area contributed by atoms with Crippen LogP contribution in [0.2, 0.25) is 0 Å². The molecule has 8 heteroatoms. The van der Waals surface area contributed by atoms with Crippen LogP contribution in [0.3, 0.4) is 0 Å². The molecule has 2 aromatic carbocycles. The second-order valence-corrected chi connectivity index (χ2v) is 8.17. The van der Waals surface area contributed by atoms with Gasteiger partial charge in [0.25, 0.3) is 0 Å². The summed E-state index contributed by atoms with van der Waals surface area (Å²) in [5.74, 6) is -0.0608. The molecule has 2 N–H and O–H groups in total. The molecule has 0 spiro atoms. The Morgan fingerprint density at radius 2 is 2.04 bits per heavy atom. The summed E-state index contributed by atoms with van der Waals surface area (Å²) < 4.78 is 5.74. The van der Waals surface area contributed by atoms with Crippen LogP contribution in [0.1, 0.15) is 6.92 Å². The Hall–Kier alpha value is -2.16. The first kappa shape index (κ1) is 18.6. The van der Waals surface area contributed by atoms with Gasteiger partial charge in [0.05, 0.1) is 11.9 Å². The molecule has 0 saturated carbocycles. The highest BCUT2D eigenvalue weighted by molar-refractivity contribution is 8.02. The molecule has 0 saturated heterocycles. The number of hydrogen-bond donors (Lipinski definition) is 2. The molecule has 3 aromatic rings. The lowest BCUT2D eigenvalue weighted by atomic mass is 10.1. The van der Waals surface area contributed by atoms with Crippen LogP contribution >= 0.6 is 23.1 Å². The summed E-state index contributed by atoms with van der Waals surface area (Å²) in [6, 6.07) is 14.0. The largest absolute Gasteiger partial charge is 0.383 e. The van der Waals surface area contributed by atoms with Crippen molar-refractivity contribution < 1.29 is 9.53 Å². The molecule has 6 nitrogen and oxygen atoms in total. The number of nitrogens with one attached hydrogen (secondary N) is 2. The highest BCUT2D eigenvalue weighted by Crippen LogP contribution is 2.29. The zero-order valence-corrected chi connectivity index (χ0v) is 16.2. The van der Waals surface area contributed by atoms with Gasteiger partial charge in [-0.05, 0) is 29.8 Å². The van der Waals surface area contributed by atoms with Crippen molar-refractivity contribution in [3.05, 3.63) is 42.5 Å². The molecule has 1 heterocycles. The van der Waals surface area contributed by atoms with Gasteiger partial charge in [0, 0.05) is 19.3 Å². The van der Waals surface area contributed by atoms with Crippen LogP contribution in [0.15, 0.2) is 46.8 Å². The van der Waals surface area contributed by atoms with Crippen LogP contribution in [0.4, 0.5) is 10.8 Å². The van der Waals surface area contributed by atoms with Crippen LogP contribution < -0.4 is 10.6 Å². The van der Waals surface area contributed by atoms with Gasteiger partial charge in [0.2, 0.25) is 11.0 Å². The van der Waals surface area contributed by atoms with Crippen molar-refractivity contribution in [2.45, 2.75) is 16.5 Å². The molecule has 1 amide bonds. The lowest BCUT2D eigenvalue weighted by molar-refractivity contribution is -0.115. The highest BCUT2D eigenvalue weighted by atomic mass is 32.2. The molecule has 136 valence electrons. The lowest BCUT2D eigenvalue weighted by Gasteiger charge is -2.11. The Balaban J connectivity index is 1.57. The van der Waals surface area contributed by atoms with Crippen LogP contribution in [0.5, 0.6) is 0 Å². The fraction of sp³-hybridized carbons (Fsp3) is 0.278. The van der Waals surface area contributed by atoms with E-state index < -0.39 is 0 Å². The fourth-order valence-corrected chi connectivity index (χ4v) is 4.23. The molecular weight excluding hydrogens is 368 g/mol. The van der Waals surface area contributed by atoms with E-state index in [0.717, 1.165) is 25.9 Å². The topological polar surface area (TPSA) is 76.1 Å². The van der Waals surface area contributed by atoms with Gasteiger partial charge in [0.15, 0.2) is 4.34 Å². The average Bonchev–Trinajstić information content (AvgIpc) is 3.09. The van der Waals surface area contributed by atoms with Crippen molar-refractivity contribution in [2.75, 3.05) is 30.9 Å². The highest BCUT2D eigenvalue weighted by Gasteiger charge is 2.17. The SMILES string of the molecule is COCCNc1nnc(SC(C)C(=O)Nc2ccc3ccccc3c2)s1. The number of fused-ring (bicyclic) bond motifs is 1. The van der Waals surface area contributed by atoms with Crippen LogP contribution in [-0.2, 0) is 9.53 Å². The van der Waals surface area contributed by atoms with Gasteiger partial charge in [-0.1, -0.05) is 53.4 Å². The van der Waals surface area contributed by atoms with E-state index in [1.165, 1.54) is 23.1 Å². The number of methoxy groups -OCH3 is 1. The van der Waals surface area contributed by atoms with Gasteiger partial charge >= 0.3 is 0 Å². The zero-order chi connectivity index (χ0) is 18.4. The van der Waals surface area contributed by atoms with Crippen LogP contribution in [0, 0.1) is 0 Å². The standard InChI is InChI=1S/C18H20N4O2S2/c1-12(25-18-22-21-17(26-18)19-9-10-24-2)16(23)20-15-8-7-13-5-3-4-6-14(13)11-15/h3-8,11-12H,9-10H2,1-2H3,(H,19,21)(H,20,23). The number of anilines is 2. The van der Waals surface area contributed by atoms with Crippen molar-refractivity contribution in [3.8, 4) is 0 Å². The maximum atomic E-state index is 12.5. The first-order valence-electron chi connectivity index (χ1n) is 8.18. The summed E-state index contributed by atoms with van der Waals surface area (Å²) in [5, 5.41) is 17.0. The Bertz CT molecular complexity index is 884. The Labute approximate surface area is 160 Å². The van der Waals surface area contributed by atoms with Gasteiger partial charge in [-0.3, -0.25) is 4.79 Å². The molecular formula is C18H20N4O2S2. The summed E-state index contributed by atoms with van der Waals surface area (Å²) in [4.78, 5) is 12.5. The van der Waals surface area contributed by atoms with E-state index in [2.05, 4.69) is 20.8 Å². The molecule has 3 rings (SSSR count). The summed E-state index contributed by atoms with van der Waals surface area (Å²) in [5.41, 5.74) is 0.792. The maximum absolute atomic E-state index is 12.5. The number of amides is 1. The fourth-order valence-electron chi connectivity index (χ4n) is 2.30. The number of hydrogen-bond acceptors (Lipinski definition) is 7. The van der Waals surface area contributed by atoms with Crippen molar-refractivity contribution in [1.82, 2.24) is 10.2 Å². The van der Waals surface area contributed by atoms with E-state index in [4.69, 9.17) is 4.74 Å². The summed E-state index contributed by atoms with van der Waals surface area (Å²) in [6.07, 6.45) is 0. The number of carbonyl (C=O) groups is 1. The third-order valence-electron chi connectivity index (χ3n) is 3.65. The smallest absolute Gasteiger partial charge is 0.237 e. The van der Waals surface area contributed by atoms with Crippen LogP contribution in [-0.4, -0.2) is 41.6 Å². The van der Waals surface area contributed by atoms with Crippen molar-refractivity contribution >= 4 is 50.6 Å². The van der Waals surface area contributed by atoms with E-state index in [1.807, 2.05) is 49.4 Å². The van der Waals surface area contributed by atoms with E-state index in [1.54, 1.807) is 7.11 Å². The van der Waals surface area contributed by atoms with E-state index in [9.17, 15) is 4.79 Å². The minimum absolute atomic E-state index is 0.0608. The number of ether oxygens (including phenoxy) is 1. The number of benzene rings is 2. The molecule has 0 fully saturated rings. The molecule has 0 radical (unpaired) electrons. The zero-order valence-electron chi connectivity index (χ0n) is 14.6. The number of rotatable bonds is 8. The number of nitrogens with zero attached hydrogens (tertiary/aromatic N) is 2. The first-order chi connectivity index (χ1) is 12.7. The van der Waals surface area contributed by atoms with Gasteiger partial charge < -0.3 is 15.4 Å². The lowest BCUT2D eigenvalue weighted by Crippen LogP contribution is -2.22. The normalized spacial score (nSPS) is 12.1. The maximum Gasteiger partial charge on any atom is 0.237 e. The molecule has 1 aromatic heterocycles. The Morgan fingerprint density at radius 1 is 1.23 bits per heavy atom. The van der Waals surface area contributed by atoms with E-state index >= 15 is 0 Å². The predicted molar refractivity (Wildman–Crippen MR) is 108 cm³/mol. The first-order valence-corrected chi connectivity index (χ1v) is 9.88. The molecule has 0 bridgehead atoms. The monoisotopic (exact) mass is 388 g/mol. The van der Waals surface area contributed by atoms with Gasteiger partial charge in [0.1, 0.15) is 0 Å². The van der Waals surface area contributed by atoms with Crippen LogP contribution in [0.25, 0.3) is 10.8 Å². The van der Waals surface area contributed by atoms with Gasteiger partial charge in [-0.25, -0.2) is 0 Å². The average molecular weight is 389 g/mol. The second-order valence-electron chi connectivity index (χ2n) is 5.60. The Kier molecular flexibility index (Phi) is 6.43. The van der Waals surface area contributed by atoms with Crippen molar-refractivity contribution in [2.24, 2.45) is 0 Å². The number of thioether (sulfide) groups is 1. The number of aromatic nitrogens is 2. The molecule has 1 unspecified atom stereocenters. The van der Waals surface area contributed by atoms with E-state index in [-0.39, 0.29) is 11.2 Å². The summed E-state index contributed by atoms with van der Waals surface area (Å²) >= 11 is 2.83. The van der Waals surface area contributed by atoms with Gasteiger partial charge in [-0.2, -0.15) is 0 Å². The Morgan fingerprint density at radius 3 is 2.85 bits per heavy atom.